The first-order valence-corrected chi connectivity index (χ1v) is 7.68. The van der Waals surface area contributed by atoms with E-state index < -0.39 is 0 Å². The van der Waals surface area contributed by atoms with Crippen molar-refractivity contribution in [3.63, 3.8) is 0 Å². The topological polar surface area (TPSA) is 59.4 Å². The minimum absolute atomic E-state index is 0.0619. The number of benzene rings is 1. The first kappa shape index (κ1) is 14.0. The number of pyridine rings is 1. The van der Waals surface area contributed by atoms with Crippen molar-refractivity contribution in [2.45, 2.75) is 6.92 Å². The van der Waals surface area contributed by atoms with Gasteiger partial charge in [0.05, 0.1) is 17.4 Å². The van der Waals surface area contributed by atoms with Crippen LogP contribution in [0.2, 0.25) is 0 Å². The molecule has 0 atom stereocenters. The Morgan fingerprint density at radius 2 is 2.13 bits per heavy atom. The molecule has 0 radical (unpaired) electrons. The maximum atomic E-state index is 13.0. The molecule has 0 aliphatic carbocycles. The fourth-order valence-electron chi connectivity index (χ4n) is 2.57. The van der Waals surface area contributed by atoms with Crippen LogP contribution in [0.4, 0.5) is 3.89 Å². The summed E-state index contributed by atoms with van der Waals surface area (Å²) < 4.78 is 14.2. The Bertz CT molecular complexity index is 991. The summed E-state index contributed by atoms with van der Waals surface area (Å²) in [5, 5.41) is 12.2. The number of aryl methyl sites for hydroxylation is 1. The van der Waals surface area contributed by atoms with Gasteiger partial charge in [-0.15, -0.1) is 3.89 Å². The maximum Gasteiger partial charge on any atom is 0.187 e. The van der Waals surface area contributed by atoms with Gasteiger partial charge in [-0.1, -0.05) is 12.1 Å². The lowest BCUT2D eigenvalue weighted by atomic mass is 10.0. The fourth-order valence-corrected chi connectivity index (χ4v) is 2.83. The monoisotopic (exact) mass is 325 g/mol. The molecule has 0 fully saturated rings. The van der Waals surface area contributed by atoms with Gasteiger partial charge in [-0.05, 0) is 36.8 Å². The summed E-state index contributed by atoms with van der Waals surface area (Å²) in [5.41, 5.74) is 4.99. The summed E-state index contributed by atoms with van der Waals surface area (Å²) in [5.74, 6) is 0. The second kappa shape index (κ2) is 5.51. The molecule has 3 heterocycles. The Morgan fingerprint density at radius 3 is 2.96 bits per heavy atom. The molecule has 0 aliphatic heterocycles. The average molecular weight is 325 g/mol. The van der Waals surface area contributed by atoms with Crippen molar-refractivity contribution in [3.8, 4) is 22.5 Å². The van der Waals surface area contributed by atoms with Crippen LogP contribution in [0.25, 0.3) is 33.4 Å². The predicted molar refractivity (Wildman–Crippen MR) is 89.4 cm³/mol. The number of fused-ring (bicyclic) bond motifs is 1. The normalized spacial score (nSPS) is 11.2. The third kappa shape index (κ3) is 2.49. The molecule has 114 valence electrons. The average Bonchev–Trinajstić information content (AvgIpc) is 3.20. The molecule has 0 bridgehead atoms. The van der Waals surface area contributed by atoms with Crippen molar-refractivity contribution < 1.29 is 3.89 Å². The van der Waals surface area contributed by atoms with Crippen LogP contribution in [-0.2, 0) is 0 Å². The van der Waals surface area contributed by atoms with Gasteiger partial charge in [0.2, 0.25) is 0 Å². The van der Waals surface area contributed by atoms with E-state index in [1.807, 2.05) is 43.3 Å². The molecule has 0 saturated carbocycles. The van der Waals surface area contributed by atoms with Gasteiger partial charge in [-0.2, -0.15) is 14.3 Å². The first-order valence-electron chi connectivity index (χ1n) is 7.01. The Balaban J connectivity index is 1.91. The van der Waals surface area contributed by atoms with Crippen LogP contribution >= 0.6 is 12.3 Å². The molecular weight excluding hydrogens is 313 g/mol. The van der Waals surface area contributed by atoms with E-state index >= 15 is 0 Å². The number of nitrogens with zero attached hydrogens (tertiary/aromatic N) is 4. The van der Waals surface area contributed by atoms with Crippen LogP contribution in [0.15, 0.2) is 48.8 Å². The third-order valence-corrected chi connectivity index (χ3v) is 3.97. The second-order valence-corrected chi connectivity index (χ2v) is 5.71. The van der Waals surface area contributed by atoms with E-state index in [0.717, 1.165) is 33.4 Å². The SMILES string of the molecule is Cc1cccc(-c2nn(SF)cc2-c2ccc3[nH]ncc3c2)n1. The highest BCUT2D eigenvalue weighted by molar-refractivity contribution is 7.92. The lowest BCUT2D eigenvalue weighted by Crippen LogP contribution is -1.90. The van der Waals surface area contributed by atoms with Crippen molar-refractivity contribution in [1.82, 2.24) is 24.4 Å². The highest BCUT2D eigenvalue weighted by Gasteiger charge is 2.15. The minimum Gasteiger partial charge on any atom is -0.278 e. The molecule has 0 amide bonds. The number of nitrogens with one attached hydrogen (secondary N) is 1. The maximum absolute atomic E-state index is 13.0. The summed E-state index contributed by atoms with van der Waals surface area (Å²) in [6.45, 7) is 1.92. The van der Waals surface area contributed by atoms with Crippen molar-refractivity contribution in [2.75, 3.05) is 0 Å². The molecule has 0 unspecified atom stereocenters. The Morgan fingerprint density at radius 1 is 1.22 bits per heavy atom. The number of halogens is 1. The summed E-state index contributed by atoms with van der Waals surface area (Å²) in [6.07, 6.45) is 3.43. The van der Waals surface area contributed by atoms with Crippen LogP contribution in [-0.4, -0.2) is 24.4 Å². The van der Waals surface area contributed by atoms with Gasteiger partial charge in [-0.3, -0.25) is 10.1 Å². The Labute approximate surface area is 136 Å². The van der Waals surface area contributed by atoms with Gasteiger partial charge in [0.1, 0.15) is 5.69 Å². The number of aromatic nitrogens is 5. The molecule has 0 aliphatic rings. The zero-order valence-electron chi connectivity index (χ0n) is 12.2. The molecule has 7 heteroatoms. The molecule has 1 aromatic carbocycles. The smallest absolute Gasteiger partial charge is 0.187 e. The van der Waals surface area contributed by atoms with Crippen molar-refractivity contribution in [3.05, 3.63) is 54.5 Å². The van der Waals surface area contributed by atoms with Crippen molar-refractivity contribution in [1.29, 1.82) is 0 Å². The van der Waals surface area contributed by atoms with E-state index in [4.69, 9.17) is 0 Å². The number of aromatic amines is 1. The molecular formula is C16H12FN5S. The van der Waals surface area contributed by atoms with Gasteiger partial charge < -0.3 is 0 Å². The number of hydrogen-bond acceptors (Lipinski definition) is 4. The largest absolute Gasteiger partial charge is 0.278 e. The summed E-state index contributed by atoms with van der Waals surface area (Å²) >= 11 is 0.0619. The highest BCUT2D eigenvalue weighted by atomic mass is 32.2. The lowest BCUT2D eigenvalue weighted by molar-refractivity contribution is 0.878. The van der Waals surface area contributed by atoms with Crippen molar-refractivity contribution in [2.24, 2.45) is 0 Å². The van der Waals surface area contributed by atoms with Crippen molar-refractivity contribution >= 4 is 23.2 Å². The van der Waals surface area contributed by atoms with Crippen LogP contribution in [0.1, 0.15) is 5.69 Å². The van der Waals surface area contributed by atoms with Gasteiger partial charge >= 0.3 is 0 Å². The predicted octanol–water partition coefficient (Wildman–Crippen LogP) is 4.18. The van der Waals surface area contributed by atoms with E-state index in [1.165, 1.54) is 4.09 Å². The van der Waals surface area contributed by atoms with E-state index in [-0.39, 0.29) is 12.3 Å². The molecule has 0 spiro atoms. The molecule has 5 nitrogen and oxygen atoms in total. The zero-order valence-corrected chi connectivity index (χ0v) is 13.0. The summed E-state index contributed by atoms with van der Waals surface area (Å²) in [7, 11) is 0. The number of H-pyrrole nitrogens is 1. The second-order valence-electron chi connectivity index (χ2n) is 5.20. The highest BCUT2D eigenvalue weighted by Crippen LogP contribution is 2.33. The standard InChI is InChI=1S/C16H12FN5S/c1-10-3-2-4-15(19-10)16-13(9-22(21-16)23-17)11-5-6-14-12(7-11)8-18-20-14/h2-9H,1H3,(H,18,20). The lowest BCUT2D eigenvalue weighted by Gasteiger charge is -2.03. The number of hydrogen-bond donors (Lipinski definition) is 1. The fraction of sp³-hybridized carbons (Fsp3) is 0.0625. The van der Waals surface area contributed by atoms with Crippen LogP contribution in [0, 0.1) is 6.92 Å². The molecule has 4 aromatic rings. The Hall–Kier alpha value is -2.67. The molecule has 0 saturated heterocycles. The first-order chi connectivity index (χ1) is 11.2. The van der Waals surface area contributed by atoms with E-state index in [9.17, 15) is 3.89 Å². The molecule has 23 heavy (non-hydrogen) atoms. The third-order valence-electron chi connectivity index (χ3n) is 3.65. The van der Waals surface area contributed by atoms with Gasteiger partial charge in [0.15, 0.2) is 12.3 Å². The van der Waals surface area contributed by atoms with E-state index in [1.54, 1.807) is 12.4 Å². The Kier molecular flexibility index (Phi) is 3.34. The van der Waals surface area contributed by atoms with Crippen LogP contribution in [0.3, 0.4) is 0 Å². The number of rotatable bonds is 3. The quantitative estimate of drug-likeness (QED) is 0.614. The van der Waals surface area contributed by atoms with Crippen LogP contribution < -0.4 is 0 Å². The van der Waals surface area contributed by atoms with E-state index in [2.05, 4.69) is 20.3 Å². The molecule has 1 N–H and O–H groups in total. The van der Waals surface area contributed by atoms with E-state index in [0.29, 0.717) is 5.69 Å². The minimum atomic E-state index is 0.0619. The molecule has 4 rings (SSSR count). The zero-order chi connectivity index (χ0) is 15.8. The van der Waals surface area contributed by atoms with Crippen LogP contribution in [0.5, 0.6) is 0 Å². The molecule has 3 aromatic heterocycles. The van der Waals surface area contributed by atoms with Gasteiger partial charge in [-0.25, -0.2) is 0 Å². The van der Waals surface area contributed by atoms with Gasteiger partial charge in [0.25, 0.3) is 0 Å². The summed E-state index contributed by atoms with van der Waals surface area (Å²) in [6, 6.07) is 11.6. The summed E-state index contributed by atoms with van der Waals surface area (Å²) in [4.78, 5) is 4.50. The van der Waals surface area contributed by atoms with Gasteiger partial charge in [0, 0.05) is 22.8 Å².